The van der Waals surface area contributed by atoms with Gasteiger partial charge >= 0.3 is 12.1 Å². The number of methoxy groups -OCH3 is 1. The van der Waals surface area contributed by atoms with Gasteiger partial charge in [0.25, 0.3) is 5.60 Å². The lowest BCUT2D eigenvalue weighted by Crippen LogP contribution is -2.53. The average molecular weight is 242 g/mol. The molecule has 0 aliphatic carbocycles. The van der Waals surface area contributed by atoms with Gasteiger partial charge in [0.05, 0.1) is 25.9 Å². The number of hydrogen-bond acceptors (Lipinski definition) is 4. The fourth-order valence-electron chi connectivity index (χ4n) is 0.896. The van der Waals surface area contributed by atoms with Gasteiger partial charge in [0.2, 0.25) is 0 Å². The van der Waals surface area contributed by atoms with Gasteiger partial charge in [-0.05, 0) is 6.92 Å². The number of esters is 1. The van der Waals surface area contributed by atoms with Crippen LogP contribution in [-0.2, 0) is 14.3 Å². The van der Waals surface area contributed by atoms with Gasteiger partial charge in [0.15, 0.2) is 0 Å². The minimum Gasteiger partial charge on any atom is -0.502 e. The zero-order valence-electron chi connectivity index (χ0n) is 8.93. The Labute approximate surface area is 90.6 Å². The summed E-state index contributed by atoms with van der Waals surface area (Å²) in [7, 11) is 1.09. The summed E-state index contributed by atoms with van der Waals surface area (Å²) >= 11 is 0. The van der Waals surface area contributed by atoms with E-state index in [9.17, 15) is 23.1 Å². The molecule has 94 valence electrons. The van der Waals surface area contributed by atoms with E-state index in [0.29, 0.717) is 0 Å². The maximum atomic E-state index is 12.5. The number of halogens is 3. The Morgan fingerprint density at radius 3 is 2.25 bits per heavy atom. The second kappa shape index (κ2) is 5.20. The van der Waals surface area contributed by atoms with E-state index in [4.69, 9.17) is 0 Å². The van der Waals surface area contributed by atoms with Crippen LogP contribution < -0.4 is 0 Å². The Hall–Kier alpha value is -1.24. The number of ether oxygens (including phenoxy) is 2. The molecule has 7 heteroatoms. The van der Waals surface area contributed by atoms with Gasteiger partial charge in [-0.3, -0.25) is 0 Å². The standard InChI is InChI=1S/C9H13F3O4/c1-4-16-7(13)8(14,9(10,11)12)5-6(2)15-3/h14H,2,4-5H2,1,3H3. The molecule has 16 heavy (non-hydrogen) atoms. The van der Waals surface area contributed by atoms with Gasteiger partial charge < -0.3 is 14.6 Å². The molecule has 0 saturated heterocycles. The summed E-state index contributed by atoms with van der Waals surface area (Å²) in [5.41, 5.74) is -3.61. The van der Waals surface area contributed by atoms with Gasteiger partial charge in [0.1, 0.15) is 0 Å². The molecule has 0 aromatic carbocycles. The van der Waals surface area contributed by atoms with Crippen molar-refractivity contribution in [1.82, 2.24) is 0 Å². The topological polar surface area (TPSA) is 55.8 Å². The molecule has 0 rings (SSSR count). The average Bonchev–Trinajstić information content (AvgIpc) is 2.16. The van der Waals surface area contributed by atoms with Crippen LogP contribution >= 0.6 is 0 Å². The quantitative estimate of drug-likeness (QED) is 0.584. The number of alkyl halides is 3. The van der Waals surface area contributed by atoms with E-state index in [1.54, 1.807) is 0 Å². The molecule has 0 radical (unpaired) electrons. The molecule has 1 N–H and O–H groups in total. The third-order valence-corrected chi connectivity index (χ3v) is 1.82. The molecule has 1 unspecified atom stereocenters. The summed E-state index contributed by atoms with van der Waals surface area (Å²) in [5.74, 6) is -2.13. The second-order valence-corrected chi connectivity index (χ2v) is 3.00. The predicted molar refractivity (Wildman–Crippen MR) is 48.4 cm³/mol. The summed E-state index contributed by atoms with van der Waals surface area (Å²) in [4.78, 5) is 11.1. The SMILES string of the molecule is C=C(CC(O)(C(=O)OCC)C(F)(F)F)OC. The first-order chi connectivity index (χ1) is 7.19. The third-order valence-electron chi connectivity index (χ3n) is 1.82. The molecule has 0 spiro atoms. The second-order valence-electron chi connectivity index (χ2n) is 3.00. The molecule has 0 aromatic rings. The lowest BCUT2D eigenvalue weighted by atomic mass is 9.98. The van der Waals surface area contributed by atoms with E-state index in [0.717, 1.165) is 7.11 Å². The monoisotopic (exact) mass is 242 g/mol. The van der Waals surface area contributed by atoms with Crippen molar-refractivity contribution in [2.75, 3.05) is 13.7 Å². The number of hydrogen-bond donors (Lipinski definition) is 1. The summed E-state index contributed by atoms with van der Waals surface area (Å²) < 4.78 is 46.2. The maximum absolute atomic E-state index is 12.5. The molecular formula is C9H13F3O4. The van der Waals surface area contributed by atoms with Gasteiger partial charge in [-0.15, -0.1) is 0 Å². The molecule has 1 atom stereocenters. The van der Waals surface area contributed by atoms with Crippen LogP contribution in [0.4, 0.5) is 13.2 Å². The van der Waals surface area contributed by atoms with E-state index >= 15 is 0 Å². The van der Waals surface area contributed by atoms with E-state index < -0.39 is 24.2 Å². The number of aliphatic hydroxyl groups is 1. The van der Waals surface area contributed by atoms with Crippen molar-refractivity contribution in [3.8, 4) is 0 Å². The van der Waals surface area contributed by atoms with E-state index in [1.807, 2.05) is 0 Å². The number of rotatable bonds is 5. The van der Waals surface area contributed by atoms with E-state index in [2.05, 4.69) is 16.1 Å². The number of carbonyl (C=O) groups is 1. The first-order valence-corrected chi connectivity index (χ1v) is 4.37. The third kappa shape index (κ3) is 3.13. The van der Waals surface area contributed by atoms with Gasteiger partial charge in [-0.2, -0.15) is 13.2 Å². The smallest absolute Gasteiger partial charge is 0.428 e. The van der Waals surface area contributed by atoms with Gasteiger partial charge in [-0.25, -0.2) is 4.79 Å². The van der Waals surface area contributed by atoms with Crippen molar-refractivity contribution < 1.29 is 32.5 Å². The Morgan fingerprint density at radius 1 is 1.44 bits per heavy atom. The molecule has 0 fully saturated rings. The zero-order chi connectivity index (χ0) is 13.0. The molecule has 0 amide bonds. The van der Waals surface area contributed by atoms with Crippen LogP contribution in [0.25, 0.3) is 0 Å². The normalized spacial score (nSPS) is 15.1. The Balaban J connectivity index is 5.04. The maximum Gasteiger partial charge on any atom is 0.428 e. The molecule has 0 aliphatic heterocycles. The Bertz CT molecular complexity index is 274. The first-order valence-electron chi connectivity index (χ1n) is 4.37. The number of carbonyl (C=O) groups excluding carboxylic acids is 1. The molecule has 0 heterocycles. The lowest BCUT2D eigenvalue weighted by molar-refractivity contribution is -0.263. The van der Waals surface area contributed by atoms with Crippen molar-refractivity contribution in [2.24, 2.45) is 0 Å². The molecule has 0 aliphatic rings. The van der Waals surface area contributed by atoms with Crippen molar-refractivity contribution in [1.29, 1.82) is 0 Å². The minimum absolute atomic E-state index is 0.267. The van der Waals surface area contributed by atoms with Crippen LogP contribution in [0, 0.1) is 0 Å². The van der Waals surface area contributed by atoms with Crippen LogP contribution in [0.5, 0.6) is 0 Å². The van der Waals surface area contributed by atoms with Gasteiger partial charge in [-0.1, -0.05) is 6.58 Å². The lowest BCUT2D eigenvalue weighted by Gasteiger charge is -2.28. The molecule has 4 nitrogen and oxygen atoms in total. The molecule has 0 bridgehead atoms. The zero-order valence-corrected chi connectivity index (χ0v) is 8.93. The van der Waals surface area contributed by atoms with Crippen LogP contribution in [0.3, 0.4) is 0 Å². The van der Waals surface area contributed by atoms with Gasteiger partial charge in [0, 0.05) is 0 Å². The highest BCUT2D eigenvalue weighted by atomic mass is 19.4. The Kier molecular flexibility index (Phi) is 4.80. The summed E-state index contributed by atoms with van der Waals surface area (Å²) in [6, 6.07) is 0. The van der Waals surface area contributed by atoms with Crippen molar-refractivity contribution in [3.05, 3.63) is 12.3 Å². The largest absolute Gasteiger partial charge is 0.502 e. The van der Waals surface area contributed by atoms with Crippen molar-refractivity contribution >= 4 is 5.97 Å². The van der Waals surface area contributed by atoms with Crippen molar-refractivity contribution in [2.45, 2.75) is 25.1 Å². The fraction of sp³-hybridized carbons (Fsp3) is 0.667. The first kappa shape index (κ1) is 14.8. The highest BCUT2D eigenvalue weighted by molar-refractivity contribution is 5.80. The fourth-order valence-corrected chi connectivity index (χ4v) is 0.896. The van der Waals surface area contributed by atoms with Crippen LogP contribution in [0.15, 0.2) is 12.3 Å². The summed E-state index contributed by atoms with van der Waals surface area (Å²) in [6.45, 7) is 4.19. The summed E-state index contributed by atoms with van der Waals surface area (Å²) in [5, 5.41) is 9.31. The van der Waals surface area contributed by atoms with Crippen LogP contribution in [0.2, 0.25) is 0 Å². The minimum atomic E-state index is -5.15. The van der Waals surface area contributed by atoms with Crippen LogP contribution in [0.1, 0.15) is 13.3 Å². The Morgan fingerprint density at radius 2 is 1.94 bits per heavy atom. The molecular weight excluding hydrogens is 229 g/mol. The molecule has 0 saturated carbocycles. The highest BCUT2D eigenvalue weighted by Gasteiger charge is 2.61. The van der Waals surface area contributed by atoms with Crippen molar-refractivity contribution in [3.63, 3.8) is 0 Å². The molecule has 0 aromatic heterocycles. The summed E-state index contributed by atoms with van der Waals surface area (Å²) in [6.07, 6.45) is -6.24. The highest BCUT2D eigenvalue weighted by Crippen LogP contribution is 2.36. The van der Waals surface area contributed by atoms with Crippen LogP contribution in [-0.4, -0.2) is 36.6 Å². The van der Waals surface area contributed by atoms with E-state index in [-0.39, 0.29) is 12.4 Å². The van der Waals surface area contributed by atoms with E-state index in [1.165, 1.54) is 6.92 Å². The predicted octanol–water partition coefficient (Wildman–Crippen LogP) is 1.39.